The second kappa shape index (κ2) is 12.4. The Bertz CT molecular complexity index is 1170. The van der Waals surface area contributed by atoms with Crippen LogP contribution in [-0.4, -0.2) is 72.4 Å². The fourth-order valence-electron chi connectivity index (χ4n) is 4.62. The van der Waals surface area contributed by atoms with E-state index in [9.17, 15) is 24.0 Å². The van der Waals surface area contributed by atoms with Crippen LogP contribution in [0.5, 0.6) is 5.75 Å². The van der Waals surface area contributed by atoms with Crippen molar-refractivity contribution in [2.75, 3.05) is 32.8 Å². The van der Waals surface area contributed by atoms with E-state index >= 15 is 0 Å². The number of imide groups is 1. The minimum atomic E-state index is -0.788. The van der Waals surface area contributed by atoms with Gasteiger partial charge in [-0.2, -0.15) is 0 Å². The molecule has 0 saturated carbocycles. The summed E-state index contributed by atoms with van der Waals surface area (Å²) < 4.78 is 9.75. The minimum Gasteiger partial charge on any atom is -0.434 e. The number of likely N-dealkylation sites (tertiary alicyclic amines) is 1. The lowest BCUT2D eigenvalue weighted by Crippen LogP contribution is -2.41. The fraction of sp³-hybridized carbons (Fsp3) is 0.393. The van der Waals surface area contributed by atoms with Crippen molar-refractivity contribution in [3.05, 3.63) is 65.2 Å². The van der Waals surface area contributed by atoms with Crippen molar-refractivity contribution in [3.63, 3.8) is 0 Å². The number of carbonyl (C=O) groups excluding carboxylic acids is 5. The Hall–Kier alpha value is -4.21. The average Bonchev–Trinajstić information content (AvgIpc) is 3.17. The first-order valence-corrected chi connectivity index (χ1v) is 12.8. The van der Waals surface area contributed by atoms with Gasteiger partial charge >= 0.3 is 6.16 Å². The first-order chi connectivity index (χ1) is 18.4. The summed E-state index contributed by atoms with van der Waals surface area (Å²) >= 11 is 0. The average molecular weight is 522 g/mol. The van der Waals surface area contributed by atoms with Gasteiger partial charge in [0.05, 0.1) is 17.7 Å². The molecule has 0 radical (unpaired) electrons. The standard InChI is InChI=1S/C28H31N3O7/c1-2-37-28(36)38-21-11-9-20(10-12-21)25(33)30-16-13-19(14-17-30)18-29-24(32)8-5-15-31-26(34)22-6-3-4-7-23(22)27(31)35/h3-4,6-7,9-12,19H,2,5,8,13-18H2,1H3,(H,29,32). The van der Waals surface area contributed by atoms with Gasteiger partial charge in [-0.1, -0.05) is 12.1 Å². The molecule has 2 heterocycles. The molecule has 0 unspecified atom stereocenters. The molecule has 4 amide bonds. The molecular weight excluding hydrogens is 490 g/mol. The fourth-order valence-corrected chi connectivity index (χ4v) is 4.62. The van der Waals surface area contributed by atoms with Crippen molar-refractivity contribution in [1.82, 2.24) is 15.1 Å². The summed E-state index contributed by atoms with van der Waals surface area (Å²) in [7, 11) is 0. The van der Waals surface area contributed by atoms with Gasteiger partial charge in [0.15, 0.2) is 0 Å². The zero-order chi connectivity index (χ0) is 27.1. The summed E-state index contributed by atoms with van der Waals surface area (Å²) in [6.07, 6.45) is 1.37. The highest BCUT2D eigenvalue weighted by molar-refractivity contribution is 6.21. The van der Waals surface area contributed by atoms with E-state index in [2.05, 4.69) is 5.32 Å². The van der Waals surface area contributed by atoms with E-state index in [1.807, 2.05) is 0 Å². The lowest BCUT2D eigenvalue weighted by Gasteiger charge is -2.32. The van der Waals surface area contributed by atoms with Crippen LogP contribution >= 0.6 is 0 Å². The normalized spacial score (nSPS) is 15.3. The molecule has 2 aliphatic rings. The largest absolute Gasteiger partial charge is 0.513 e. The maximum absolute atomic E-state index is 12.8. The topological polar surface area (TPSA) is 122 Å². The molecule has 10 heteroatoms. The molecule has 1 saturated heterocycles. The van der Waals surface area contributed by atoms with E-state index < -0.39 is 6.16 Å². The van der Waals surface area contributed by atoms with Crippen LogP contribution in [0.4, 0.5) is 4.79 Å². The quantitative estimate of drug-likeness (QED) is 0.305. The van der Waals surface area contributed by atoms with Crippen molar-refractivity contribution in [3.8, 4) is 5.75 Å². The van der Waals surface area contributed by atoms with Gasteiger partial charge in [-0.15, -0.1) is 0 Å². The highest BCUT2D eigenvalue weighted by Gasteiger charge is 2.34. The maximum Gasteiger partial charge on any atom is 0.513 e. The minimum absolute atomic E-state index is 0.0941. The third-order valence-electron chi connectivity index (χ3n) is 6.72. The second-order valence-electron chi connectivity index (χ2n) is 9.26. The molecule has 2 aromatic rings. The van der Waals surface area contributed by atoms with Gasteiger partial charge in [0, 0.05) is 38.2 Å². The molecule has 38 heavy (non-hydrogen) atoms. The van der Waals surface area contributed by atoms with Crippen molar-refractivity contribution in [1.29, 1.82) is 0 Å². The van der Waals surface area contributed by atoms with Gasteiger partial charge in [0.2, 0.25) is 5.91 Å². The second-order valence-corrected chi connectivity index (χ2v) is 9.26. The number of nitrogens with zero attached hydrogens (tertiary/aromatic N) is 2. The van der Waals surface area contributed by atoms with E-state index in [4.69, 9.17) is 9.47 Å². The first-order valence-electron chi connectivity index (χ1n) is 12.8. The van der Waals surface area contributed by atoms with E-state index in [1.165, 1.54) is 4.90 Å². The van der Waals surface area contributed by atoms with E-state index in [1.54, 1.807) is 60.4 Å². The molecule has 10 nitrogen and oxygen atoms in total. The zero-order valence-electron chi connectivity index (χ0n) is 21.3. The zero-order valence-corrected chi connectivity index (χ0v) is 21.3. The summed E-state index contributed by atoms with van der Waals surface area (Å²) in [6.45, 7) is 3.79. The van der Waals surface area contributed by atoms with Crippen LogP contribution in [0.3, 0.4) is 0 Å². The van der Waals surface area contributed by atoms with Crippen LogP contribution in [-0.2, 0) is 9.53 Å². The highest BCUT2D eigenvalue weighted by Crippen LogP contribution is 2.23. The number of hydrogen-bond acceptors (Lipinski definition) is 7. The van der Waals surface area contributed by atoms with Crippen LogP contribution in [0, 0.1) is 5.92 Å². The molecule has 0 atom stereocenters. The third kappa shape index (κ3) is 6.37. The molecule has 200 valence electrons. The molecular formula is C28H31N3O7. The van der Waals surface area contributed by atoms with Crippen LogP contribution in [0.15, 0.2) is 48.5 Å². The van der Waals surface area contributed by atoms with Crippen LogP contribution in [0.25, 0.3) is 0 Å². The van der Waals surface area contributed by atoms with Gasteiger partial charge in [-0.05, 0) is 68.5 Å². The van der Waals surface area contributed by atoms with E-state index in [0.717, 1.165) is 12.8 Å². The summed E-state index contributed by atoms with van der Waals surface area (Å²) in [5.74, 6) is -0.270. The molecule has 0 aromatic heterocycles. The monoisotopic (exact) mass is 521 g/mol. The van der Waals surface area contributed by atoms with Crippen LogP contribution < -0.4 is 10.1 Å². The number of nitrogens with one attached hydrogen (secondary N) is 1. The molecule has 0 spiro atoms. The number of piperidine rings is 1. The number of hydrogen-bond donors (Lipinski definition) is 1. The summed E-state index contributed by atoms with van der Waals surface area (Å²) in [5.41, 5.74) is 1.32. The number of ether oxygens (including phenoxy) is 2. The SMILES string of the molecule is CCOC(=O)Oc1ccc(C(=O)N2CCC(CNC(=O)CCCN3C(=O)c4ccccc4C3=O)CC2)cc1. The first kappa shape index (κ1) is 26.8. The predicted molar refractivity (Wildman–Crippen MR) is 137 cm³/mol. The lowest BCUT2D eigenvalue weighted by atomic mass is 9.96. The number of rotatable bonds is 9. The van der Waals surface area contributed by atoms with Gasteiger partial charge < -0.3 is 19.7 Å². The van der Waals surface area contributed by atoms with Crippen LogP contribution in [0.2, 0.25) is 0 Å². The smallest absolute Gasteiger partial charge is 0.434 e. The predicted octanol–water partition coefficient (Wildman–Crippen LogP) is 3.27. The Balaban J connectivity index is 1.14. The molecule has 2 aliphatic heterocycles. The number of carbonyl (C=O) groups is 5. The summed E-state index contributed by atoms with van der Waals surface area (Å²) in [4.78, 5) is 64.4. The molecule has 0 bridgehead atoms. The molecule has 1 fully saturated rings. The van der Waals surface area contributed by atoms with Crippen molar-refractivity contribution in [2.45, 2.75) is 32.6 Å². The maximum atomic E-state index is 12.8. The van der Waals surface area contributed by atoms with E-state index in [0.29, 0.717) is 48.5 Å². The van der Waals surface area contributed by atoms with Gasteiger partial charge in [0.25, 0.3) is 17.7 Å². The Labute approximate surface area is 220 Å². The van der Waals surface area contributed by atoms with E-state index in [-0.39, 0.29) is 49.1 Å². The van der Waals surface area contributed by atoms with Gasteiger partial charge in [-0.25, -0.2) is 4.79 Å². The lowest BCUT2D eigenvalue weighted by molar-refractivity contribution is -0.121. The van der Waals surface area contributed by atoms with Crippen molar-refractivity contribution >= 4 is 29.8 Å². The Morgan fingerprint density at radius 2 is 1.58 bits per heavy atom. The molecule has 1 N–H and O–H groups in total. The van der Waals surface area contributed by atoms with Crippen molar-refractivity contribution in [2.24, 2.45) is 5.92 Å². The number of amides is 4. The Morgan fingerprint density at radius 1 is 0.947 bits per heavy atom. The highest BCUT2D eigenvalue weighted by atomic mass is 16.7. The summed E-state index contributed by atoms with van der Waals surface area (Å²) in [6, 6.07) is 13.1. The molecule has 2 aromatic carbocycles. The Morgan fingerprint density at radius 3 is 2.18 bits per heavy atom. The number of benzene rings is 2. The van der Waals surface area contributed by atoms with Gasteiger partial charge in [-0.3, -0.25) is 24.1 Å². The summed E-state index contributed by atoms with van der Waals surface area (Å²) in [5, 5.41) is 2.94. The Kier molecular flexibility index (Phi) is 8.73. The molecule has 4 rings (SSSR count). The van der Waals surface area contributed by atoms with Crippen LogP contribution in [0.1, 0.15) is 63.7 Å². The van der Waals surface area contributed by atoms with Gasteiger partial charge in [0.1, 0.15) is 5.75 Å². The van der Waals surface area contributed by atoms with Crippen molar-refractivity contribution < 1.29 is 33.4 Å². The number of fused-ring (bicyclic) bond motifs is 1. The third-order valence-corrected chi connectivity index (χ3v) is 6.72. The molecule has 0 aliphatic carbocycles.